The van der Waals surface area contributed by atoms with E-state index in [2.05, 4.69) is 34.9 Å². The Morgan fingerprint density at radius 2 is 2.00 bits per heavy atom. The molecule has 1 fully saturated rings. The first-order chi connectivity index (χ1) is 10.2. The number of amidine groups is 1. The van der Waals surface area contributed by atoms with Gasteiger partial charge < -0.3 is 20.7 Å². The van der Waals surface area contributed by atoms with Gasteiger partial charge in [0.05, 0.1) is 5.56 Å². The summed E-state index contributed by atoms with van der Waals surface area (Å²) in [6.45, 7) is 9.43. The zero-order valence-corrected chi connectivity index (χ0v) is 13.6. The highest BCUT2D eigenvalue weighted by atomic mass is 32.2. The Bertz CT molecular complexity index is 498. The number of benzene rings is 1. The normalized spacial score (nSPS) is 17.2. The highest BCUT2D eigenvalue weighted by Gasteiger charge is 2.21. The first-order valence-corrected chi connectivity index (χ1v) is 8.40. The van der Waals surface area contributed by atoms with Crippen LogP contribution in [0.5, 0.6) is 0 Å². The quantitative estimate of drug-likeness (QED) is 0.286. The third-order valence-electron chi connectivity index (χ3n) is 3.83. The Hall–Kier alpha value is -1.40. The van der Waals surface area contributed by atoms with Crippen LogP contribution in [0.2, 0.25) is 0 Å². The minimum absolute atomic E-state index is 0.194. The molecule has 0 atom stereocenters. The summed E-state index contributed by atoms with van der Waals surface area (Å²) in [6.07, 6.45) is 0. The van der Waals surface area contributed by atoms with Gasteiger partial charge >= 0.3 is 0 Å². The van der Waals surface area contributed by atoms with Crippen LogP contribution in [0.15, 0.2) is 28.3 Å². The highest BCUT2D eigenvalue weighted by Crippen LogP contribution is 2.31. The van der Waals surface area contributed by atoms with Crippen molar-refractivity contribution in [3.05, 3.63) is 23.8 Å². The van der Waals surface area contributed by atoms with E-state index in [0.717, 1.165) is 54.6 Å². The highest BCUT2D eigenvalue weighted by molar-refractivity contribution is 7.99. The maximum Gasteiger partial charge on any atom is 0.173 e. The average Bonchev–Trinajstić information content (AvgIpc) is 2.54. The number of thioether (sulfide) groups is 1. The lowest BCUT2D eigenvalue weighted by Crippen LogP contribution is -2.46. The molecule has 116 valence electrons. The molecule has 0 radical (unpaired) electrons. The molecule has 0 saturated carbocycles. The summed E-state index contributed by atoms with van der Waals surface area (Å²) in [5.74, 6) is 1.15. The van der Waals surface area contributed by atoms with Gasteiger partial charge in [-0.3, -0.25) is 0 Å². The van der Waals surface area contributed by atoms with Gasteiger partial charge in [0.25, 0.3) is 0 Å². The van der Waals surface area contributed by atoms with Gasteiger partial charge in [0.2, 0.25) is 0 Å². The molecule has 1 heterocycles. The van der Waals surface area contributed by atoms with Gasteiger partial charge in [-0.15, -0.1) is 11.8 Å². The van der Waals surface area contributed by atoms with Crippen LogP contribution in [-0.4, -0.2) is 54.4 Å². The predicted octanol–water partition coefficient (Wildman–Crippen LogP) is 2.04. The lowest BCUT2D eigenvalue weighted by atomic mass is 10.1. The monoisotopic (exact) mass is 308 g/mol. The van der Waals surface area contributed by atoms with Crippen LogP contribution in [0.3, 0.4) is 0 Å². The zero-order chi connectivity index (χ0) is 15.2. The van der Waals surface area contributed by atoms with Crippen molar-refractivity contribution in [3.8, 4) is 0 Å². The average molecular weight is 308 g/mol. The fourth-order valence-electron chi connectivity index (χ4n) is 2.67. The number of rotatable bonds is 5. The molecule has 3 N–H and O–H groups in total. The van der Waals surface area contributed by atoms with Crippen molar-refractivity contribution in [1.82, 2.24) is 4.90 Å². The molecule has 0 bridgehead atoms. The fraction of sp³-hybridized carbons (Fsp3) is 0.533. The Kier molecular flexibility index (Phi) is 5.76. The minimum Gasteiger partial charge on any atom is -0.409 e. The van der Waals surface area contributed by atoms with E-state index >= 15 is 0 Å². The molecule has 0 aromatic heterocycles. The minimum atomic E-state index is 0.194. The summed E-state index contributed by atoms with van der Waals surface area (Å²) in [5.41, 5.74) is 7.86. The van der Waals surface area contributed by atoms with Gasteiger partial charge in [0.15, 0.2) is 5.84 Å². The molecular weight excluding hydrogens is 284 g/mol. The summed E-state index contributed by atoms with van der Waals surface area (Å²) >= 11 is 1.72. The van der Waals surface area contributed by atoms with Crippen LogP contribution >= 0.6 is 11.8 Å². The van der Waals surface area contributed by atoms with E-state index in [1.54, 1.807) is 11.8 Å². The predicted molar refractivity (Wildman–Crippen MR) is 89.7 cm³/mol. The van der Waals surface area contributed by atoms with Gasteiger partial charge in [-0.1, -0.05) is 25.1 Å². The molecule has 5 nitrogen and oxygen atoms in total. The Balaban J connectivity index is 2.32. The summed E-state index contributed by atoms with van der Waals surface area (Å²) in [4.78, 5) is 5.84. The van der Waals surface area contributed by atoms with E-state index in [9.17, 15) is 0 Å². The van der Waals surface area contributed by atoms with Gasteiger partial charge in [0.1, 0.15) is 0 Å². The van der Waals surface area contributed by atoms with E-state index in [1.165, 1.54) is 0 Å². The molecule has 0 unspecified atom stereocenters. The van der Waals surface area contributed by atoms with Crippen molar-refractivity contribution >= 4 is 23.3 Å². The second kappa shape index (κ2) is 7.56. The summed E-state index contributed by atoms with van der Waals surface area (Å²) < 4.78 is 0. The number of piperazine rings is 1. The van der Waals surface area contributed by atoms with E-state index in [1.807, 2.05) is 12.1 Å². The van der Waals surface area contributed by atoms with Crippen LogP contribution in [0.25, 0.3) is 0 Å². The van der Waals surface area contributed by atoms with Crippen molar-refractivity contribution in [2.45, 2.75) is 18.7 Å². The molecule has 1 aromatic carbocycles. The van der Waals surface area contributed by atoms with Crippen LogP contribution in [0, 0.1) is 0 Å². The number of nitrogens with zero attached hydrogens (tertiary/aromatic N) is 3. The smallest absolute Gasteiger partial charge is 0.173 e. The number of oxime groups is 1. The van der Waals surface area contributed by atoms with E-state index in [-0.39, 0.29) is 5.84 Å². The molecular formula is C15H24N4OS. The molecule has 2 rings (SSSR count). The van der Waals surface area contributed by atoms with E-state index < -0.39 is 0 Å². The maximum absolute atomic E-state index is 9.11. The Morgan fingerprint density at radius 1 is 1.29 bits per heavy atom. The third-order valence-corrected chi connectivity index (χ3v) is 4.77. The van der Waals surface area contributed by atoms with Crippen molar-refractivity contribution in [1.29, 1.82) is 0 Å². The van der Waals surface area contributed by atoms with Crippen LogP contribution < -0.4 is 10.6 Å². The Labute approximate surface area is 130 Å². The van der Waals surface area contributed by atoms with Gasteiger partial charge in [-0.05, 0) is 24.4 Å². The standard InChI is InChI=1S/C15H24N4OS/c1-3-18-8-10-19(11-9-18)12-6-5-7-13(21-4-2)14(12)15(16)17-20/h5-7,20H,3-4,8-11H2,1-2H3,(H2,16,17). The topological polar surface area (TPSA) is 65.1 Å². The van der Waals surface area contributed by atoms with Crippen LogP contribution in [0.1, 0.15) is 19.4 Å². The van der Waals surface area contributed by atoms with Crippen molar-refractivity contribution < 1.29 is 5.21 Å². The molecule has 1 saturated heterocycles. The molecule has 1 aromatic rings. The molecule has 0 aliphatic carbocycles. The molecule has 0 amide bonds. The van der Waals surface area contributed by atoms with Crippen molar-refractivity contribution in [3.63, 3.8) is 0 Å². The lowest BCUT2D eigenvalue weighted by molar-refractivity contribution is 0.271. The Morgan fingerprint density at radius 3 is 2.57 bits per heavy atom. The molecule has 0 spiro atoms. The molecule has 6 heteroatoms. The number of nitrogens with two attached hydrogens (primary N) is 1. The largest absolute Gasteiger partial charge is 0.409 e. The maximum atomic E-state index is 9.11. The van der Waals surface area contributed by atoms with Gasteiger partial charge in [-0.25, -0.2) is 0 Å². The van der Waals surface area contributed by atoms with Gasteiger partial charge in [0, 0.05) is 36.8 Å². The number of hydrogen-bond donors (Lipinski definition) is 2. The number of likely N-dealkylation sites (N-methyl/N-ethyl adjacent to an activating group) is 1. The number of anilines is 1. The molecule has 1 aliphatic rings. The van der Waals surface area contributed by atoms with Crippen molar-refractivity contribution in [2.24, 2.45) is 10.9 Å². The molecule has 1 aliphatic heterocycles. The fourth-order valence-corrected chi connectivity index (χ4v) is 3.51. The summed E-state index contributed by atoms with van der Waals surface area (Å²) in [7, 11) is 0. The van der Waals surface area contributed by atoms with Crippen molar-refractivity contribution in [2.75, 3.05) is 43.4 Å². The first-order valence-electron chi connectivity index (χ1n) is 7.42. The van der Waals surface area contributed by atoms with Crippen LogP contribution in [-0.2, 0) is 0 Å². The van der Waals surface area contributed by atoms with Gasteiger partial charge in [-0.2, -0.15) is 0 Å². The molecule has 21 heavy (non-hydrogen) atoms. The first kappa shape index (κ1) is 16.0. The second-order valence-electron chi connectivity index (χ2n) is 4.99. The van der Waals surface area contributed by atoms with Crippen LogP contribution in [0.4, 0.5) is 5.69 Å². The summed E-state index contributed by atoms with van der Waals surface area (Å²) in [5, 5.41) is 12.3. The lowest BCUT2D eigenvalue weighted by Gasteiger charge is -2.36. The third kappa shape index (κ3) is 3.63. The van der Waals surface area contributed by atoms with E-state index in [0.29, 0.717) is 0 Å². The second-order valence-corrected chi connectivity index (χ2v) is 6.30. The summed E-state index contributed by atoms with van der Waals surface area (Å²) in [6, 6.07) is 6.15. The SMILES string of the molecule is CCSc1cccc(N2CCN(CC)CC2)c1/C(N)=N/O. The zero-order valence-electron chi connectivity index (χ0n) is 12.7. The van der Waals surface area contributed by atoms with E-state index in [4.69, 9.17) is 10.9 Å². The number of hydrogen-bond acceptors (Lipinski definition) is 5.